The number of fused-ring (bicyclic) bond motifs is 1. The van der Waals surface area contributed by atoms with Gasteiger partial charge in [-0.05, 0) is 12.5 Å². The lowest BCUT2D eigenvalue weighted by Gasteiger charge is -2.12. The van der Waals surface area contributed by atoms with Crippen LogP contribution >= 0.6 is 11.3 Å². The molecule has 2 heterocycles. The van der Waals surface area contributed by atoms with E-state index in [4.69, 9.17) is 5.73 Å². The molecule has 2 amide bonds. The van der Waals surface area contributed by atoms with E-state index < -0.39 is 0 Å². The minimum Gasteiger partial charge on any atom is -0.368 e. The highest BCUT2D eigenvalue weighted by molar-refractivity contribution is 7.18. The molecule has 0 aliphatic heterocycles. The smallest absolute Gasteiger partial charge is 0.316 e. The van der Waals surface area contributed by atoms with Crippen LogP contribution in [0.1, 0.15) is 11.8 Å². The van der Waals surface area contributed by atoms with Crippen molar-refractivity contribution in [3.63, 3.8) is 0 Å². The van der Waals surface area contributed by atoms with Crippen molar-refractivity contribution >= 4 is 39.4 Å². The van der Waals surface area contributed by atoms with Crippen LogP contribution in [0, 0.1) is 0 Å². The Morgan fingerprint density at radius 2 is 2.14 bits per heavy atom. The Morgan fingerprint density at radius 3 is 2.81 bits per heavy atom. The van der Waals surface area contributed by atoms with E-state index in [9.17, 15) is 4.79 Å². The Hall–Kier alpha value is -2.09. The van der Waals surface area contributed by atoms with Crippen molar-refractivity contribution in [3.8, 4) is 0 Å². The van der Waals surface area contributed by atoms with Crippen molar-refractivity contribution < 1.29 is 4.79 Å². The van der Waals surface area contributed by atoms with E-state index in [-0.39, 0.29) is 12.0 Å². The van der Waals surface area contributed by atoms with Gasteiger partial charge in [0.1, 0.15) is 10.6 Å². The van der Waals surface area contributed by atoms with Crippen molar-refractivity contribution in [1.82, 2.24) is 20.2 Å². The Labute approximate surface area is 127 Å². The highest BCUT2D eigenvalue weighted by atomic mass is 32.1. The predicted octanol–water partition coefficient (Wildman–Crippen LogP) is 1.52. The Morgan fingerprint density at radius 1 is 1.38 bits per heavy atom. The number of carbonyl (C=O) groups is 1. The second-order valence-electron chi connectivity index (χ2n) is 4.77. The molecule has 0 aromatic carbocycles. The van der Waals surface area contributed by atoms with E-state index >= 15 is 0 Å². The molecule has 0 fully saturated rings. The molecular weight excluding hydrogens is 288 g/mol. The van der Waals surface area contributed by atoms with Crippen molar-refractivity contribution in [2.75, 3.05) is 38.2 Å². The number of anilines is 2. The van der Waals surface area contributed by atoms with Gasteiger partial charge in [-0.25, -0.2) is 9.78 Å². The van der Waals surface area contributed by atoms with Gasteiger partial charge in [0, 0.05) is 32.1 Å². The second kappa shape index (κ2) is 6.57. The maximum absolute atomic E-state index is 11.4. The number of nitrogens with one attached hydrogen (secondary N) is 2. The molecule has 114 valence electrons. The summed E-state index contributed by atoms with van der Waals surface area (Å²) in [6, 6.07) is 1.97. The molecule has 0 aliphatic carbocycles. The number of aryl methyl sites for hydroxylation is 1. The summed E-state index contributed by atoms with van der Waals surface area (Å²) >= 11 is 1.63. The monoisotopic (exact) mass is 308 g/mol. The first kappa shape index (κ1) is 15.3. The molecule has 0 unspecified atom stereocenters. The van der Waals surface area contributed by atoms with E-state index in [1.807, 2.05) is 0 Å². The summed E-state index contributed by atoms with van der Waals surface area (Å²) in [6.45, 7) is 3.18. The number of rotatable bonds is 5. The summed E-state index contributed by atoms with van der Waals surface area (Å²) in [5, 5.41) is 6.96. The van der Waals surface area contributed by atoms with Crippen LogP contribution in [0.2, 0.25) is 0 Å². The van der Waals surface area contributed by atoms with Gasteiger partial charge in [0.25, 0.3) is 0 Å². The number of urea groups is 1. The van der Waals surface area contributed by atoms with Crippen molar-refractivity contribution in [2.24, 2.45) is 0 Å². The average molecular weight is 308 g/mol. The van der Waals surface area contributed by atoms with Crippen molar-refractivity contribution in [1.29, 1.82) is 0 Å². The highest BCUT2D eigenvalue weighted by Gasteiger charge is 2.10. The first-order chi connectivity index (χ1) is 10.0. The number of thiophene rings is 1. The third kappa shape index (κ3) is 3.72. The molecule has 0 radical (unpaired) electrons. The van der Waals surface area contributed by atoms with E-state index in [0.717, 1.165) is 16.6 Å². The SMILES string of the molecule is CCc1cc2c(NCCNC(=O)N(C)C)nc(N)nc2s1. The van der Waals surface area contributed by atoms with Gasteiger partial charge in [-0.3, -0.25) is 0 Å². The van der Waals surface area contributed by atoms with Gasteiger partial charge in [-0.15, -0.1) is 11.3 Å². The summed E-state index contributed by atoms with van der Waals surface area (Å²) in [7, 11) is 3.41. The lowest BCUT2D eigenvalue weighted by atomic mass is 10.3. The maximum atomic E-state index is 11.4. The van der Waals surface area contributed by atoms with Gasteiger partial charge in [-0.2, -0.15) is 4.98 Å². The molecule has 21 heavy (non-hydrogen) atoms. The Balaban J connectivity index is 2.04. The van der Waals surface area contributed by atoms with E-state index in [1.165, 1.54) is 9.78 Å². The van der Waals surface area contributed by atoms with Crippen LogP contribution in [0.3, 0.4) is 0 Å². The third-order valence-corrected chi connectivity index (χ3v) is 4.08. The van der Waals surface area contributed by atoms with Gasteiger partial charge in [0.05, 0.1) is 5.39 Å². The summed E-state index contributed by atoms with van der Waals surface area (Å²) in [6.07, 6.45) is 0.958. The van der Waals surface area contributed by atoms with Gasteiger partial charge in [0.2, 0.25) is 5.95 Å². The van der Waals surface area contributed by atoms with Crippen LogP contribution in [0.25, 0.3) is 10.2 Å². The zero-order valence-corrected chi connectivity index (χ0v) is 13.3. The first-order valence-electron chi connectivity index (χ1n) is 6.76. The molecule has 4 N–H and O–H groups in total. The van der Waals surface area contributed by atoms with Crippen molar-refractivity contribution in [2.45, 2.75) is 13.3 Å². The number of hydrogen-bond donors (Lipinski definition) is 3. The maximum Gasteiger partial charge on any atom is 0.316 e. The average Bonchev–Trinajstić information content (AvgIpc) is 2.85. The second-order valence-corrected chi connectivity index (χ2v) is 5.88. The van der Waals surface area contributed by atoms with Crippen molar-refractivity contribution in [3.05, 3.63) is 10.9 Å². The number of aromatic nitrogens is 2. The molecule has 2 rings (SSSR count). The van der Waals surface area contributed by atoms with Crippen LogP contribution < -0.4 is 16.4 Å². The Bertz CT molecular complexity index is 639. The number of amides is 2. The van der Waals surface area contributed by atoms with E-state index in [1.54, 1.807) is 25.4 Å². The number of hydrogen-bond acceptors (Lipinski definition) is 6. The quantitative estimate of drug-likeness (QED) is 0.728. The highest BCUT2D eigenvalue weighted by Crippen LogP contribution is 2.29. The van der Waals surface area contributed by atoms with Gasteiger partial charge in [0.15, 0.2) is 0 Å². The molecule has 7 nitrogen and oxygen atoms in total. The summed E-state index contributed by atoms with van der Waals surface area (Å²) < 4.78 is 0. The minimum absolute atomic E-state index is 0.118. The van der Waals surface area contributed by atoms with Crippen LogP contribution in [0.15, 0.2) is 6.07 Å². The molecule has 0 bridgehead atoms. The van der Waals surface area contributed by atoms with E-state index in [2.05, 4.69) is 33.6 Å². The molecule has 2 aromatic heterocycles. The lowest BCUT2D eigenvalue weighted by molar-refractivity contribution is 0.218. The summed E-state index contributed by atoms with van der Waals surface area (Å²) in [4.78, 5) is 23.5. The third-order valence-electron chi connectivity index (χ3n) is 2.91. The molecule has 0 saturated carbocycles. The molecular formula is C13H20N6OS. The summed E-state index contributed by atoms with van der Waals surface area (Å²) in [5.41, 5.74) is 5.74. The molecule has 0 aliphatic rings. The van der Waals surface area contributed by atoms with Crippen LogP contribution in [-0.4, -0.2) is 48.1 Å². The molecule has 2 aromatic rings. The van der Waals surface area contributed by atoms with Gasteiger partial charge < -0.3 is 21.3 Å². The van der Waals surface area contributed by atoms with Crippen LogP contribution in [-0.2, 0) is 6.42 Å². The molecule has 0 saturated heterocycles. The lowest BCUT2D eigenvalue weighted by Crippen LogP contribution is -2.37. The fraction of sp³-hybridized carbons (Fsp3) is 0.462. The van der Waals surface area contributed by atoms with E-state index in [0.29, 0.717) is 18.9 Å². The number of nitrogen functional groups attached to an aromatic ring is 1. The number of carbonyl (C=O) groups excluding carboxylic acids is 1. The number of nitrogens with zero attached hydrogens (tertiary/aromatic N) is 3. The number of nitrogens with two attached hydrogens (primary N) is 1. The normalized spacial score (nSPS) is 10.6. The molecule has 0 atom stereocenters. The minimum atomic E-state index is -0.118. The van der Waals surface area contributed by atoms with Crippen LogP contribution in [0.4, 0.5) is 16.6 Å². The zero-order valence-electron chi connectivity index (χ0n) is 12.4. The summed E-state index contributed by atoms with van der Waals surface area (Å²) in [5.74, 6) is 0.972. The largest absolute Gasteiger partial charge is 0.368 e. The van der Waals surface area contributed by atoms with Gasteiger partial charge in [-0.1, -0.05) is 6.92 Å². The predicted molar refractivity (Wildman–Crippen MR) is 86.8 cm³/mol. The fourth-order valence-corrected chi connectivity index (χ4v) is 2.78. The molecule has 0 spiro atoms. The Kier molecular flexibility index (Phi) is 4.79. The topological polar surface area (TPSA) is 96.2 Å². The van der Waals surface area contributed by atoms with Gasteiger partial charge >= 0.3 is 6.03 Å². The standard InChI is InChI=1S/C13H20N6OS/c1-4-8-7-9-10(17-12(14)18-11(9)21-8)15-5-6-16-13(20)19(2)3/h7H,4-6H2,1-3H3,(H,16,20)(H3,14,15,17,18). The zero-order chi connectivity index (χ0) is 15.4. The fourth-order valence-electron chi connectivity index (χ4n) is 1.81. The van der Waals surface area contributed by atoms with Crippen LogP contribution in [0.5, 0.6) is 0 Å². The molecule has 8 heteroatoms. The first-order valence-corrected chi connectivity index (χ1v) is 7.58.